The number of benzene rings is 2. The lowest BCUT2D eigenvalue weighted by Crippen LogP contribution is -2.29. The highest BCUT2D eigenvalue weighted by molar-refractivity contribution is 9.10. The number of hydrogen-bond donors (Lipinski definition) is 2. The van der Waals surface area contributed by atoms with E-state index < -0.39 is 0 Å². The van der Waals surface area contributed by atoms with Crippen LogP contribution in [0.1, 0.15) is 22.4 Å². The number of halogens is 1. The van der Waals surface area contributed by atoms with E-state index in [-0.39, 0.29) is 6.03 Å². The molecule has 1 aromatic heterocycles. The van der Waals surface area contributed by atoms with Crippen LogP contribution in [-0.4, -0.2) is 10.6 Å². The van der Waals surface area contributed by atoms with E-state index >= 15 is 0 Å². The molecule has 4 nitrogen and oxygen atoms in total. The first-order chi connectivity index (χ1) is 12.5. The van der Waals surface area contributed by atoms with Gasteiger partial charge in [-0.25, -0.2) is 4.79 Å². The van der Waals surface area contributed by atoms with E-state index in [4.69, 9.17) is 0 Å². The van der Waals surface area contributed by atoms with Crippen LogP contribution in [0.4, 0.5) is 10.5 Å². The van der Waals surface area contributed by atoms with E-state index in [9.17, 15) is 4.79 Å². The van der Waals surface area contributed by atoms with Gasteiger partial charge in [-0.15, -0.1) is 0 Å². The van der Waals surface area contributed by atoms with Gasteiger partial charge in [-0.05, 0) is 60.9 Å². The van der Waals surface area contributed by atoms with Crippen LogP contribution in [0.2, 0.25) is 0 Å². The Morgan fingerprint density at radius 3 is 2.62 bits per heavy atom. The monoisotopic (exact) mass is 411 g/mol. The Labute approximate surface area is 162 Å². The Bertz CT molecular complexity index is 917. The standard InChI is InChI=1S/C21H22BrN3O/c1-15-6-3-4-7-17(15)14-25-11-5-8-19(25)13-23-21(26)24-18-9-10-20(22)16(2)12-18/h3-12H,13-14H2,1-2H3,(H2,23,24,26). The van der Waals surface area contributed by atoms with Crippen LogP contribution >= 0.6 is 15.9 Å². The number of anilines is 1. The Hall–Kier alpha value is -2.53. The second-order valence-electron chi connectivity index (χ2n) is 6.33. The number of nitrogens with one attached hydrogen (secondary N) is 2. The van der Waals surface area contributed by atoms with Crippen LogP contribution in [0.25, 0.3) is 0 Å². The number of rotatable bonds is 5. The van der Waals surface area contributed by atoms with Gasteiger partial charge in [0, 0.05) is 28.6 Å². The lowest BCUT2D eigenvalue weighted by molar-refractivity contribution is 0.251. The van der Waals surface area contributed by atoms with Gasteiger partial charge in [-0.2, -0.15) is 0 Å². The molecule has 2 amide bonds. The van der Waals surface area contributed by atoms with E-state index in [1.54, 1.807) is 0 Å². The second-order valence-corrected chi connectivity index (χ2v) is 7.18. The second kappa shape index (κ2) is 8.23. The zero-order chi connectivity index (χ0) is 18.5. The Morgan fingerprint density at radius 1 is 1.04 bits per heavy atom. The van der Waals surface area contributed by atoms with E-state index in [1.807, 2.05) is 49.5 Å². The van der Waals surface area contributed by atoms with Gasteiger partial charge in [0.1, 0.15) is 0 Å². The van der Waals surface area contributed by atoms with Crippen molar-refractivity contribution in [3.63, 3.8) is 0 Å². The molecule has 5 heteroatoms. The molecule has 26 heavy (non-hydrogen) atoms. The van der Waals surface area contributed by atoms with E-state index in [0.717, 1.165) is 28.0 Å². The van der Waals surface area contributed by atoms with Crippen LogP contribution in [0.15, 0.2) is 65.3 Å². The summed E-state index contributed by atoms with van der Waals surface area (Å²) >= 11 is 3.46. The normalized spacial score (nSPS) is 10.6. The predicted octanol–water partition coefficient (Wildman–Crippen LogP) is 5.24. The summed E-state index contributed by atoms with van der Waals surface area (Å²) in [6, 6.07) is 17.9. The molecule has 0 aliphatic carbocycles. The van der Waals surface area contributed by atoms with Crippen molar-refractivity contribution < 1.29 is 4.79 Å². The van der Waals surface area contributed by atoms with Crippen molar-refractivity contribution in [3.05, 3.63) is 87.7 Å². The highest BCUT2D eigenvalue weighted by atomic mass is 79.9. The lowest BCUT2D eigenvalue weighted by Gasteiger charge is -2.13. The van der Waals surface area contributed by atoms with Crippen LogP contribution in [0.3, 0.4) is 0 Å². The summed E-state index contributed by atoms with van der Waals surface area (Å²) in [5.74, 6) is 0. The molecule has 3 aromatic rings. The molecule has 0 saturated heterocycles. The van der Waals surface area contributed by atoms with Crippen LogP contribution in [-0.2, 0) is 13.1 Å². The highest BCUT2D eigenvalue weighted by Gasteiger charge is 2.07. The number of nitrogens with zero attached hydrogens (tertiary/aromatic N) is 1. The fourth-order valence-electron chi connectivity index (χ4n) is 2.80. The van der Waals surface area contributed by atoms with Gasteiger partial charge in [-0.3, -0.25) is 0 Å². The summed E-state index contributed by atoms with van der Waals surface area (Å²) < 4.78 is 3.18. The first kappa shape index (κ1) is 18.3. The quantitative estimate of drug-likeness (QED) is 0.592. The minimum absolute atomic E-state index is 0.213. The van der Waals surface area contributed by atoms with E-state index in [0.29, 0.717) is 6.54 Å². The fourth-order valence-corrected chi connectivity index (χ4v) is 3.05. The number of aryl methyl sites for hydroxylation is 2. The molecule has 0 bridgehead atoms. The molecule has 0 aliphatic heterocycles. The third kappa shape index (κ3) is 4.55. The first-order valence-electron chi connectivity index (χ1n) is 8.52. The molecular weight excluding hydrogens is 390 g/mol. The van der Waals surface area contributed by atoms with E-state index in [1.165, 1.54) is 11.1 Å². The molecule has 2 N–H and O–H groups in total. The van der Waals surface area contributed by atoms with Gasteiger partial charge in [0.05, 0.1) is 6.54 Å². The zero-order valence-corrected chi connectivity index (χ0v) is 16.5. The summed E-state index contributed by atoms with van der Waals surface area (Å²) in [5.41, 5.74) is 5.46. The largest absolute Gasteiger partial charge is 0.345 e. The minimum Gasteiger partial charge on any atom is -0.345 e. The van der Waals surface area contributed by atoms with Crippen molar-refractivity contribution >= 4 is 27.6 Å². The molecule has 0 radical (unpaired) electrons. The summed E-state index contributed by atoms with van der Waals surface area (Å²) in [6.07, 6.45) is 2.04. The molecule has 0 spiro atoms. The maximum atomic E-state index is 12.2. The minimum atomic E-state index is -0.213. The first-order valence-corrected chi connectivity index (χ1v) is 9.32. The summed E-state index contributed by atoms with van der Waals surface area (Å²) in [4.78, 5) is 12.2. The molecule has 1 heterocycles. The third-order valence-electron chi connectivity index (χ3n) is 4.37. The maximum absolute atomic E-state index is 12.2. The van der Waals surface area contributed by atoms with Crippen molar-refractivity contribution in [2.45, 2.75) is 26.9 Å². The third-order valence-corrected chi connectivity index (χ3v) is 5.26. The van der Waals surface area contributed by atoms with Crippen molar-refractivity contribution in [1.82, 2.24) is 9.88 Å². The van der Waals surface area contributed by atoms with Crippen molar-refractivity contribution in [3.8, 4) is 0 Å². The average molecular weight is 412 g/mol. The molecule has 3 rings (SSSR count). The molecule has 0 unspecified atom stereocenters. The van der Waals surface area contributed by atoms with Gasteiger partial charge in [0.2, 0.25) is 0 Å². The number of carbonyl (C=O) groups is 1. The Kier molecular flexibility index (Phi) is 5.78. The Morgan fingerprint density at radius 2 is 1.85 bits per heavy atom. The van der Waals surface area contributed by atoms with Gasteiger partial charge in [0.25, 0.3) is 0 Å². The topological polar surface area (TPSA) is 46.1 Å². The van der Waals surface area contributed by atoms with Crippen LogP contribution < -0.4 is 10.6 Å². The summed E-state index contributed by atoms with van der Waals surface area (Å²) in [6.45, 7) is 5.38. The molecule has 0 fully saturated rings. The average Bonchev–Trinajstić information content (AvgIpc) is 3.05. The van der Waals surface area contributed by atoms with Crippen LogP contribution in [0, 0.1) is 13.8 Å². The number of amides is 2. The van der Waals surface area contributed by atoms with E-state index in [2.05, 4.69) is 56.3 Å². The predicted molar refractivity (Wildman–Crippen MR) is 109 cm³/mol. The Balaban J connectivity index is 1.60. The number of urea groups is 1. The molecule has 0 atom stereocenters. The van der Waals surface area contributed by atoms with Crippen molar-refractivity contribution in [1.29, 1.82) is 0 Å². The molecule has 0 saturated carbocycles. The van der Waals surface area contributed by atoms with Gasteiger partial charge in [-0.1, -0.05) is 40.2 Å². The number of aromatic nitrogens is 1. The fraction of sp³-hybridized carbons (Fsp3) is 0.190. The summed E-state index contributed by atoms with van der Waals surface area (Å²) in [5, 5.41) is 5.80. The molecular formula is C21H22BrN3O. The van der Waals surface area contributed by atoms with Gasteiger partial charge >= 0.3 is 6.03 Å². The van der Waals surface area contributed by atoms with Crippen molar-refractivity contribution in [2.75, 3.05) is 5.32 Å². The zero-order valence-electron chi connectivity index (χ0n) is 14.9. The molecule has 2 aromatic carbocycles. The highest BCUT2D eigenvalue weighted by Crippen LogP contribution is 2.20. The number of hydrogen-bond acceptors (Lipinski definition) is 1. The number of carbonyl (C=O) groups excluding carboxylic acids is 1. The molecule has 134 valence electrons. The van der Waals surface area contributed by atoms with Crippen molar-refractivity contribution in [2.24, 2.45) is 0 Å². The smallest absolute Gasteiger partial charge is 0.319 e. The maximum Gasteiger partial charge on any atom is 0.319 e. The summed E-state index contributed by atoms with van der Waals surface area (Å²) in [7, 11) is 0. The van der Waals surface area contributed by atoms with Crippen LogP contribution in [0.5, 0.6) is 0 Å². The molecule has 0 aliphatic rings. The van der Waals surface area contributed by atoms with Gasteiger partial charge in [0.15, 0.2) is 0 Å². The SMILES string of the molecule is Cc1cc(NC(=O)NCc2cccn2Cc2ccccc2C)ccc1Br. The van der Waals surface area contributed by atoms with Gasteiger partial charge < -0.3 is 15.2 Å². The lowest BCUT2D eigenvalue weighted by atomic mass is 10.1.